The Kier molecular flexibility index (Phi) is 6.75. The molecule has 4 heteroatoms. The van der Waals surface area contributed by atoms with Gasteiger partial charge in [0.05, 0.1) is 5.92 Å². The fourth-order valence-electron chi connectivity index (χ4n) is 3.94. The number of ether oxygens (including phenoxy) is 1. The molecule has 1 heterocycles. The number of hydrogen-bond donors (Lipinski definition) is 0. The predicted octanol–water partition coefficient (Wildman–Crippen LogP) is 6.03. The largest absolute Gasteiger partial charge is 0.489 e. The van der Waals surface area contributed by atoms with Crippen molar-refractivity contribution in [1.82, 2.24) is 4.90 Å². The van der Waals surface area contributed by atoms with Crippen molar-refractivity contribution in [2.45, 2.75) is 31.2 Å². The van der Waals surface area contributed by atoms with Crippen LogP contribution in [-0.2, 0) is 11.4 Å². The van der Waals surface area contributed by atoms with Crippen LogP contribution in [0.1, 0.15) is 41.3 Å². The van der Waals surface area contributed by atoms with Crippen LogP contribution in [0.3, 0.4) is 0 Å². The Morgan fingerprint density at radius 2 is 1.67 bits per heavy atom. The molecule has 0 aliphatic carbocycles. The van der Waals surface area contributed by atoms with E-state index >= 15 is 0 Å². The number of hydrogen-bond acceptors (Lipinski definition) is 3. The number of benzene rings is 3. The zero-order valence-electron chi connectivity index (χ0n) is 17.2. The van der Waals surface area contributed by atoms with Crippen molar-refractivity contribution in [2.75, 3.05) is 12.3 Å². The second-order valence-corrected chi connectivity index (χ2v) is 8.63. The van der Waals surface area contributed by atoms with Crippen LogP contribution in [0, 0.1) is 0 Å². The number of amides is 1. The van der Waals surface area contributed by atoms with Gasteiger partial charge in [-0.25, -0.2) is 0 Å². The van der Waals surface area contributed by atoms with Gasteiger partial charge in [0.15, 0.2) is 0 Å². The van der Waals surface area contributed by atoms with E-state index in [1.54, 1.807) is 0 Å². The van der Waals surface area contributed by atoms with E-state index in [-0.39, 0.29) is 17.2 Å². The second-order valence-electron chi connectivity index (χ2n) is 7.44. The number of rotatable bonds is 7. The molecule has 1 aliphatic rings. The third-order valence-electron chi connectivity index (χ3n) is 5.50. The molecule has 0 radical (unpaired) electrons. The van der Waals surface area contributed by atoms with Gasteiger partial charge in [-0.1, -0.05) is 85.8 Å². The van der Waals surface area contributed by atoms with E-state index in [4.69, 9.17) is 4.74 Å². The topological polar surface area (TPSA) is 29.5 Å². The average Bonchev–Trinajstić information content (AvgIpc) is 3.29. The highest BCUT2D eigenvalue weighted by molar-refractivity contribution is 7.99. The number of para-hydroxylation sites is 1. The van der Waals surface area contributed by atoms with Crippen LogP contribution in [-0.4, -0.2) is 23.1 Å². The molecule has 1 aliphatic heterocycles. The van der Waals surface area contributed by atoms with Gasteiger partial charge in [-0.2, -0.15) is 0 Å². The maximum absolute atomic E-state index is 13.5. The molecule has 154 valence electrons. The molecule has 1 saturated heterocycles. The van der Waals surface area contributed by atoms with Gasteiger partial charge in [-0.3, -0.25) is 4.79 Å². The van der Waals surface area contributed by atoms with Crippen LogP contribution in [0.2, 0.25) is 0 Å². The number of carbonyl (C=O) groups is 1. The van der Waals surface area contributed by atoms with Gasteiger partial charge in [0.2, 0.25) is 5.91 Å². The van der Waals surface area contributed by atoms with E-state index in [0.717, 1.165) is 41.2 Å². The van der Waals surface area contributed by atoms with Gasteiger partial charge in [0.25, 0.3) is 0 Å². The summed E-state index contributed by atoms with van der Waals surface area (Å²) in [5.41, 5.74) is 3.30. The summed E-state index contributed by atoms with van der Waals surface area (Å²) in [5.74, 6) is 1.89. The van der Waals surface area contributed by atoms with E-state index in [2.05, 4.69) is 37.3 Å². The fourth-order valence-corrected chi connectivity index (χ4v) is 5.23. The summed E-state index contributed by atoms with van der Waals surface area (Å²) < 4.78 is 6.18. The van der Waals surface area contributed by atoms with Gasteiger partial charge >= 0.3 is 0 Å². The molecule has 0 spiro atoms. The van der Waals surface area contributed by atoms with E-state index < -0.39 is 0 Å². The highest BCUT2D eigenvalue weighted by Gasteiger charge is 2.35. The van der Waals surface area contributed by atoms with Crippen molar-refractivity contribution in [1.29, 1.82) is 0 Å². The first-order valence-electron chi connectivity index (χ1n) is 10.5. The van der Waals surface area contributed by atoms with Crippen LogP contribution in [0.5, 0.6) is 5.75 Å². The molecule has 2 atom stereocenters. The van der Waals surface area contributed by atoms with Crippen molar-refractivity contribution < 1.29 is 9.53 Å². The molecular weight excluding hydrogens is 390 g/mol. The third-order valence-corrected chi connectivity index (χ3v) is 6.75. The zero-order chi connectivity index (χ0) is 20.8. The van der Waals surface area contributed by atoms with E-state index in [1.165, 1.54) is 0 Å². The van der Waals surface area contributed by atoms with Crippen LogP contribution in [0.15, 0.2) is 84.9 Å². The van der Waals surface area contributed by atoms with Crippen molar-refractivity contribution in [3.63, 3.8) is 0 Å². The number of carbonyl (C=O) groups excluding carboxylic acids is 1. The van der Waals surface area contributed by atoms with Gasteiger partial charge in [-0.05, 0) is 23.6 Å². The standard InChI is InChI=1S/C26H27NO2S/c1-2-22(21-13-7-4-8-14-21)25(28)27-17-18-30-26(27)23-15-9-10-16-24(23)29-19-20-11-5-3-6-12-20/h3-16,22,26H,2,17-19H2,1H3/t22-,26-/m1/s1. The molecule has 0 bridgehead atoms. The predicted molar refractivity (Wildman–Crippen MR) is 124 cm³/mol. The summed E-state index contributed by atoms with van der Waals surface area (Å²) in [6.07, 6.45) is 0.795. The average molecular weight is 418 g/mol. The molecule has 30 heavy (non-hydrogen) atoms. The van der Waals surface area contributed by atoms with Crippen molar-refractivity contribution in [3.8, 4) is 5.75 Å². The van der Waals surface area contributed by atoms with Gasteiger partial charge in [-0.15, -0.1) is 11.8 Å². The molecule has 0 unspecified atom stereocenters. The van der Waals surface area contributed by atoms with Crippen molar-refractivity contribution in [3.05, 3.63) is 102 Å². The summed E-state index contributed by atoms with van der Waals surface area (Å²) in [7, 11) is 0. The first kappa shape index (κ1) is 20.5. The quantitative estimate of drug-likeness (QED) is 0.470. The van der Waals surface area contributed by atoms with E-state index in [1.807, 2.05) is 71.3 Å². The SMILES string of the molecule is CC[C@@H](C(=O)N1CCS[C@@H]1c1ccccc1OCc1ccccc1)c1ccccc1. The van der Waals surface area contributed by atoms with Gasteiger partial charge < -0.3 is 9.64 Å². The first-order valence-corrected chi connectivity index (χ1v) is 11.6. The molecule has 3 nitrogen and oxygen atoms in total. The van der Waals surface area contributed by atoms with Gasteiger partial charge in [0.1, 0.15) is 17.7 Å². The lowest BCUT2D eigenvalue weighted by Crippen LogP contribution is -2.34. The Labute approximate surface area is 183 Å². The monoisotopic (exact) mass is 417 g/mol. The first-order chi connectivity index (χ1) is 14.8. The van der Waals surface area contributed by atoms with Crippen LogP contribution < -0.4 is 4.74 Å². The Bertz CT molecular complexity index is 961. The summed E-state index contributed by atoms with van der Waals surface area (Å²) in [5, 5.41) is -0.0118. The Balaban J connectivity index is 1.55. The Morgan fingerprint density at radius 1 is 1.00 bits per heavy atom. The highest BCUT2D eigenvalue weighted by Crippen LogP contribution is 2.43. The lowest BCUT2D eigenvalue weighted by Gasteiger charge is -2.29. The maximum atomic E-state index is 13.5. The van der Waals surface area contributed by atoms with Crippen molar-refractivity contribution in [2.24, 2.45) is 0 Å². The zero-order valence-corrected chi connectivity index (χ0v) is 18.1. The minimum absolute atomic E-state index is 0.0118. The normalized spacial score (nSPS) is 17.0. The molecule has 1 amide bonds. The molecule has 0 aromatic heterocycles. The third kappa shape index (κ3) is 4.54. The smallest absolute Gasteiger partial charge is 0.231 e. The van der Waals surface area contributed by atoms with Gasteiger partial charge in [0, 0.05) is 17.9 Å². The molecule has 4 rings (SSSR count). The van der Waals surface area contributed by atoms with Crippen molar-refractivity contribution >= 4 is 17.7 Å². The molecule has 3 aromatic rings. The molecular formula is C26H27NO2S. The maximum Gasteiger partial charge on any atom is 0.231 e. The van der Waals surface area contributed by atoms with Crippen LogP contribution in [0.25, 0.3) is 0 Å². The summed E-state index contributed by atoms with van der Waals surface area (Å²) in [4.78, 5) is 15.6. The molecule has 0 N–H and O–H groups in total. The van der Waals surface area contributed by atoms with E-state index in [9.17, 15) is 4.79 Å². The number of thioether (sulfide) groups is 1. The van der Waals surface area contributed by atoms with Crippen LogP contribution in [0.4, 0.5) is 0 Å². The summed E-state index contributed by atoms with van der Waals surface area (Å²) in [6, 6.07) is 28.4. The molecule has 0 saturated carbocycles. The molecule has 3 aromatic carbocycles. The number of nitrogens with zero attached hydrogens (tertiary/aromatic N) is 1. The minimum atomic E-state index is -0.107. The van der Waals surface area contributed by atoms with Crippen LogP contribution >= 0.6 is 11.8 Å². The Morgan fingerprint density at radius 3 is 2.40 bits per heavy atom. The second kappa shape index (κ2) is 9.86. The summed E-state index contributed by atoms with van der Waals surface area (Å²) >= 11 is 1.82. The molecule has 1 fully saturated rings. The Hall–Kier alpha value is -2.72. The summed E-state index contributed by atoms with van der Waals surface area (Å²) in [6.45, 7) is 3.38. The lowest BCUT2D eigenvalue weighted by atomic mass is 9.94. The van der Waals surface area contributed by atoms with E-state index in [0.29, 0.717) is 6.61 Å². The fraction of sp³-hybridized carbons (Fsp3) is 0.269. The highest BCUT2D eigenvalue weighted by atomic mass is 32.2. The lowest BCUT2D eigenvalue weighted by molar-refractivity contribution is -0.133. The minimum Gasteiger partial charge on any atom is -0.489 e.